The van der Waals surface area contributed by atoms with Crippen LogP contribution < -0.4 is 15.2 Å². The minimum Gasteiger partial charge on any atom is -0.493 e. The van der Waals surface area contributed by atoms with Gasteiger partial charge in [-0.15, -0.1) is 0 Å². The molecule has 7 heteroatoms. The highest BCUT2D eigenvalue weighted by molar-refractivity contribution is 9.10. The van der Waals surface area contributed by atoms with Crippen LogP contribution in [0.1, 0.15) is 0 Å². The van der Waals surface area contributed by atoms with Crippen LogP contribution in [0.2, 0.25) is 0 Å². The smallest absolute Gasteiger partial charge is 0.197 e. The van der Waals surface area contributed by atoms with Crippen molar-refractivity contribution >= 4 is 21.7 Å². The number of hydrogen-bond acceptors (Lipinski definition) is 5. The Morgan fingerprint density at radius 3 is 2.56 bits per heavy atom. The molecule has 0 amide bonds. The van der Waals surface area contributed by atoms with E-state index in [1.807, 2.05) is 0 Å². The van der Waals surface area contributed by atoms with Gasteiger partial charge in [0, 0.05) is 10.5 Å². The van der Waals surface area contributed by atoms with Crippen molar-refractivity contribution in [3.05, 3.63) is 22.4 Å². The highest BCUT2D eigenvalue weighted by Gasteiger charge is 2.22. The maximum atomic E-state index is 14.3. The fraction of sp³-hybridized carbons (Fsp3) is 0.182. The van der Waals surface area contributed by atoms with Gasteiger partial charge in [-0.05, 0) is 22.0 Å². The Kier molecular flexibility index (Phi) is 3.42. The summed E-state index contributed by atoms with van der Waals surface area (Å²) in [5.41, 5.74) is 5.62. The molecule has 0 saturated carbocycles. The van der Waals surface area contributed by atoms with Crippen molar-refractivity contribution in [1.82, 2.24) is 5.16 Å². The number of hydrogen-bond donors (Lipinski definition) is 1. The minimum atomic E-state index is -0.611. The molecule has 2 N–H and O–H groups in total. The minimum absolute atomic E-state index is 0.00864. The number of methoxy groups -OCH3 is 2. The zero-order chi connectivity index (χ0) is 13.3. The van der Waals surface area contributed by atoms with Crippen molar-refractivity contribution in [2.45, 2.75) is 0 Å². The third-order valence-electron chi connectivity index (χ3n) is 2.34. The van der Waals surface area contributed by atoms with Crippen LogP contribution in [0.4, 0.5) is 10.2 Å². The molecule has 1 heterocycles. The van der Waals surface area contributed by atoms with E-state index in [9.17, 15) is 4.39 Å². The van der Waals surface area contributed by atoms with E-state index in [4.69, 9.17) is 19.7 Å². The van der Waals surface area contributed by atoms with Crippen LogP contribution in [-0.4, -0.2) is 19.4 Å². The zero-order valence-corrected chi connectivity index (χ0v) is 11.2. The fourth-order valence-corrected chi connectivity index (χ4v) is 2.13. The van der Waals surface area contributed by atoms with Gasteiger partial charge in [0.25, 0.3) is 0 Å². The molecule has 0 radical (unpaired) electrons. The lowest BCUT2D eigenvalue weighted by molar-refractivity contribution is 0.337. The molecule has 0 spiro atoms. The van der Waals surface area contributed by atoms with E-state index >= 15 is 0 Å². The van der Waals surface area contributed by atoms with Crippen molar-refractivity contribution in [3.63, 3.8) is 0 Å². The molecule has 5 nitrogen and oxygen atoms in total. The summed E-state index contributed by atoms with van der Waals surface area (Å²) < 4.78 is 29.7. The highest BCUT2D eigenvalue weighted by Crippen LogP contribution is 2.42. The number of rotatable bonds is 3. The first kappa shape index (κ1) is 12.7. The largest absolute Gasteiger partial charge is 0.493 e. The Hall–Kier alpha value is -1.76. The van der Waals surface area contributed by atoms with Gasteiger partial charge in [-0.1, -0.05) is 5.16 Å². The molecule has 0 aliphatic heterocycles. The maximum Gasteiger partial charge on any atom is 0.197 e. The molecule has 1 aromatic carbocycles. The van der Waals surface area contributed by atoms with Crippen molar-refractivity contribution in [2.24, 2.45) is 0 Å². The van der Waals surface area contributed by atoms with Crippen molar-refractivity contribution in [2.75, 3.05) is 20.0 Å². The van der Waals surface area contributed by atoms with Crippen molar-refractivity contribution in [3.8, 4) is 22.8 Å². The number of ether oxygens (including phenoxy) is 2. The summed E-state index contributed by atoms with van der Waals surface area (Å²) in [6.45, 7) is 0. The second-order valence-corrected chi connectivity index (χ2v) is 4.25. The summed E-state index contributed by atoms with van der Waals surface area (Å²) in [5, 5.41) is 3.52. The van der Waals surface area contributed by atoms with Crippen LogP contribution in [0.3, 0.4) is 0 Å². The Balaban J connectivity index is 2.68. The van der Waals surface area contributed by atoms with Crippen LogP contribution >= 0.6 is 15.9 Å². The summed E-state index contributed by atoms with van der Waals surface area (Å²) in [5.74, 6) is 0.0348. The summed E-state index contributed by atoms with van der Waals surface area (Å²) in [4.78, 5) is 0. The number of aromatic nitrogens is 1. The van der Waals surface area contributed by atoms with E-state index in [0.717, 1.165) is 0 Å². The van der Waals surface area contributed by atoms with Crippen LogP contribution in [0.5, 0.6) is 11.5 Å². The topological polar surface area (TPSA) is 70.5 Å². The number of halogens is 2. The summed E-state index contributed by atoms with van der Waals surface area (Å²) in [6.07, 6.45) is 0. The van der Waals surface area contributed by atoms with Crippen LogP contribution in [0.25, 0.3) is 11.3 Å². The molecule has 1 aromatic heterocycles. The lowest BCUT2D eigenvalue weighted by Gasteiger charge is -2.12. The predicted octanol–water partition coefficient (Wildman–Crippen LogP) is 2.84. The van der Waals surface area contributed by atoms with E-state index in [1.165, 1.54) is 20.3 Å². The summed E-state index contributed by atoms with van der Waals surface area (Å²) >= 11 is 3.24. The number of nitrogens with zero attached hydrogens (tertiary/aromatic N) is 1. The fourth-order valence-electron chi connectivity index (χ4n) is 1.55. The van der Waals surface area contributed by atoms with E-state index in [2.05, 4.69) is 21.1 Å². The van der Waals surface area contributed by atoms with Gasteiger partial charge in [0.1, 0.15) is 0 Å². The molecule has 0 saturated heterocycles. The average molecular weight is 317 g/mol. The Morgan fingerprint density at radius 1 is 1.33 bits per heavy atom. The summed E-state index contributed by atoms with van der Waals surface area (Å²) in [6, 6.07) is 3.01. The molecule has 2 aromatic rings. The normalized spacial score (nSPS) is 10.4. The standard InChI is InChI=1S/C11H10BrFN2O3/c1-16-7-3-5(12)9(10(13)11(7)17-2)6-4-8(14)15-18-6/h3-4H,1-2H3,(H2,14,15). The van der Waals surface area contributed by atoms with E-state index < -0.39 is 5.82 Å². The van der Waals surface area contributed by atoms with Gasteiger partial charge in [-0.3, -0.25) is 0 Å². The van der Waals surface area contributed by atoms with E-state index in [-0.39, 0.29) is 28.6 Å². The van der Waals surface area contributed by atoms with Crippen molar-refractivity contribution < 1.29 is 18.4 Å². The number of benzene rings is 1. The zero-order valence-electron chi connectivity index (χ0n) is 9.66. The van der Waals surface area contributed by atoms with Gasteiger partial charge >= 0.3 is 0 Å². The second kappa shape index (κ2) is 4.85. The molecule has 0 aliphatic rings. The second-order valence-electron chi connectivity index (χ2n) is 3.40. The maximum absolute atomic E-state index is 14.3. The first-order valence-corrected chi connectivity index (χ1v) is 5.70. The van der Waals surface area contributed by atoms with E-state index in [1.54, 1.807) is 6.07 Å². The van der Waals surface area contributed by atoms with Crippen LogP contribution in [-0.2, 0) is 0 Å². The monoisotopic (exact) mass is 316 g/mol. The van der Waals surface area contributed by atoms with Gasteiger partial charge < -0.3 is 19.7 Å². The Labute approximate surface area is 111 Å². The van der Waals surface area contributed by atoms with Gasteiger partial charge in [0.15, 0.2) is 28.9 Å². The molecular formula is C11H10BrFN2O3. The molecule has 18 heavy (non-hydrogen) atoms. The van der Waals surface area contributed by atoms with Gasteiger partial charge in [0.2, 0.25) is 0 Å². The Morgan fingerprint density at radius 2 is 2.06 bits per heavy atom. The highest BCUT2D eigenvalue weighted by atomic mass is 79.9. The number of anilines is 1. The number of nitrogen functional groups attached to an aromatic ring is 1. The summed E-state index contributed by atoms with van der Waals surface area (Å²) in [7, 11) is 2.78. The van der Waals surface area contributed by atoms with Gasteiger partial charge in [-0.2, -0.15) is 0 Å². The first-order chi connectivity index (χ1) is 8.58. The van der Waals surface area contributed by atoms with Crippen LogP contribution in [0.15, 0.2) is 21.1 Å². The molecular weight excluding hydrogens is 307 g/mol. The van der Waals surface area contributed by atoms with Crippen molar-refractivity contribution in [1.29, 1.82) is 0 Å². The molecule has 0 atom stereocenters. The quantitative estimate of drug-likeness (QED) is 0.942. The van der Waals surface area contributed by atoms with Gasteiger partial charge in [-0.25, -0.2) is 4.39 Å². The lowest BCUT2D eigenvalue weighted by atomic mass is 10.1. The predicted molar refractivity (Wildman–Crippen MR) is 67.1 cm³/mol. The van der Waals surface area contributed by atoms with Gasteiger partial charge in [0.05, 0.1) is 19.8 Å². The number of nitrogens with two attached hydrogens (primary N) is 1. The molecule has 2 rings (SSSR count). The Bertz CT molecular complexity index is 586. The molecule has 96 valence electrons. The lowest BCUT2D eigenvalue weighted by Crippen LogP contribution is -1.97. The SMILES string of the molecule is COc1cc(Br)c(-c2cc(N)no2)c(F)c1OC. The average Bonchev–Trinajstić information content (AvgIpc) is 2.75. The third-order valence-corrected chi connectivity index (χ3v) is 2.96. The third kappa shape index (κ3) is 2.01. The van der Waals surface area contributed by atoms with E-state index in [0.29, 0.717) is 4.47 Å². The molecule has 0 aliphatic carbocycles. The molecule has 0 fully saturated rings. The first-order valence-electron chi connectivity index (χ1n) is 4.91. The van der Waals surface area contributed by atoms with Crippen LogP contribution in [0, 0.1) is 5.82 Å². The molecule has 0 unspecified atom stereocenters. The molecule has 0 bridgehead atoms.